The fourth-order valence-electron chi connectivity index (χ4n) is 4.69. The minimum absolute atomic E-state index is 0. The number of nitrogens with zero attached hydrogens (tertiary/aromatic N) is 2. The maximum atomic E-state index is 8.49. The van der Waals surface area contributed by atoms with Gasteiger partial charge in [-0.2, -0.15) is 0 Å². The van der Waals surface area contributed by atoms with Gasteiger partial charge in [0.15, 0.2) is 0 Å². The summed E-state index contributed by atoms with van der Waals surface area (Å²) in [5, 5.41) is 3.14. The minimum atomic E-state index is -2.34. The van der Waals surface area contributed by atoms with Crippen LogP contribution in [0.1, 0.15) is 41.2 Å². The second kappa shape index (κ2) is 11.9. The summed E-state index contributed by atoms with van der Waals surface area (Å²) in [5.41, 5.74) is 5.25. The van der Waals surface area contributed by atoms with Gasteiger partial charge in [0.25, 0.3) is 0 Å². The van der Waals surface area contributed by atoms with E-state index in [-0.39, 0.29) is 25.7 Å². The fourth-order valence-corrected chi connectivity index (χ4v) is 5.69. The Morgan fingerprint density at radius 3 is 2.50 bits per heavy atom. The number of rotatable bonds is 3. The quantitative estimate of drug-likeness (QED) is 0.171. The van der Waals surface area contributed by atoms with Gasteiger partial charge < -0.3 is 14.4 Å². The van der Waals surface area contributed by atoms with Crippen LogP contribution in [0.4, 0.5) is 0 Å². The number of fused-ring (bicyclic) bond motifs is 5. The SMILES string of the molecule is [2H]C([2H])([2H])c1cnc(-c2[c-]ccc3c2oc2c3ccc3cc(C)sc32)cc1C([2H])(C)C.[Ir].[c-]1ccccc1-c1ccccn1. The molecule has 1 radical (unpaired) electrons. The largest absolute Gasteiger partial charge is 0.499 e. The Labute approximate surface area is 257 Å². The van der Waals surface area contributed by atoms with Crippen molar-refractivity contribution in [3.05, 3.63) is 119 Å². The number of benzene rings is 3. The molecule has 0 unspecified atom stereocenters. The summed E-state index contributed by atoms with van der Waals surface area (Å²) >= 11 is 1.70. The van der Waals surface area contributed by atoms with Crippen LogP contribution in [-0.4, -0.2) is 9.97 Å². The van der Waals surface area contributed by atoms with Crippen LogP contribution in [0.25, 0.3) is 54.5 Å². The molecule has 4 heterocycles. The molecule has 5 heteroatoms. The Hall–Kier alpha value is -3.63. The van der Waals surface area contributed by atoms with Gasteiger partial charge in [-0.3, -0.25) is 0 Å². The van der Waals surface area contributed by atoms with E-state index in [1.54, 1.807) is 37.4 Å². The van der Waals surface area contributed by atoms with Crippen LogP contribution in [0, 0.1) is 25.9 Å². The van der Waals surface area contributed by atoms with Crippen molar-refractivity contribution in [3.63, 3.8) is 0 Å². The summed E-state index contributed by atoms with van der Waals surface area (Å²) in [7, 11) is 0. The first-order valence-corrected chi connectivity index (χ1v) is 13.5. The smallest absolute Gasteiger partial charge is 0.138 e. The van der Waals surface area contributed by atoms with E-state index in [1.807, 2.05) is 54.6 Å². The number of pyridine rings is 2. The first-order chi connectivity index (χ1) is 20.5. The molecule has 0 atom stereocenters. The topological polar surface area (TPSA) is 38.9 Å². The Bertz CT molecular complexity index is 2030. The Morgan fingerprint density at radius 2 is 1.75 bits per heavy atom. The molecule has 40 heavy (non-hydrogen) atoms. The molecule has 3 nitrogen and oxygen atoms in total. The average Bonchev–Trinajstić information content (AvgIpc) is 3.57. The van der Waals surface area contributed by atoms with Crippen molar-refractivity contribution in [1.82, 2.24) is 9.97 Å². The van der Waals surface area contributed by atoms with E-state index in [2.05, 4.69) is 47.2 Å². The van der Waals surface area contributed by atoms with E-state index in [1.165, 1.54) is 11.1 Å². The molecule has 0 N–H and O–H groups in total. The van der Waals surface area contributed by atoms with Crippen molar-refractivity contribution < 1.29 is 30.0 Å². The molecular weight excluding hydrogens is 689 g/mol. The maximum absolute atomic E-state index is 8.49. The molecule has 0 aliphatic rings. The summed E-state index contributed by atoms with van der Waals surface area (Å²) in [4.78, 5) is 9.88. The number of hydrogen-bond donors (Lipinski definition) is 0. The van der Waals surface area contributed by atoms with Gasteiger partial charge >= 0.3 is 0 Å². The predicted octanol–water partition coefficient (Wildman–Crippen LogP) is 9.95. The summed E-state index contributed by atoms with van der Waals surface area (Å²) in [6, 6.07) is 31.9. The van der Waals surface area contributed by atoms with Crippen LogP contribution in [0.2, 0.25) is 0 Å². The summed E-state index contributed by atoms with van der Waals surface area (Å²) in [5.74, 6) is -1.09. The molecule has 7 rings (SSSR count). The van der Waals surface area contributed by atoms with Crippen LogP contribution in [0.3, 0.4) is 0 Å². The second-order valence-corrected chi connectivity index (χ2v) is 10.8. The summed E-state index contributed by atoms with van der Waals surface area (Å²) in [6.45, 7) is 3.11. The van der Waals surface area contributed by atoms with Gasteiger partial charge in [0.05, 0.1) is 10.3 Å². The molecule has 0 bridgehead atoms. The molecule has 0 aliphatic carbocycles. The van der Waals surface area contributed by atoms with Gasteiger partial charge in [-0.15, -0.1) is 65.4 Å². The van der Waals surface area contributed by atoms with Crippen molar-refractivity contribution in [1.29, 1.82) is 0 Å². The number of aryl methyl sites for hydroxylation is 2. The molecule has 0 fully saturated rings. The van der Waals surface area contributed by atoms with Crippen LogP contribution < -0.4 is 0 Å². The molecule has 4 aromatic heterocycles. The van der Waals surface area contributed by atoms with Crippen molar-refractivity contribution in [3.8, 4) is 22.5 Å². The number of hydrogen-bond acceptors (Lipinski definition) is 4. The van der Waals surface area contributed by atoms with Crippen LogP contribution in [-0.2, 0) is 20.1 Å². The molecular formula is C35H28IrN2OS-2. The van der Waals surface area contributed by atoms with Crippen molar-refractivity contribution in [2.75, 3.05) is 0 Å². The normalized spacial score (nSPS) is 13.1. The molecule has 0 aliphatic heterocycles. The Balaban J connectivity index is 0.000000248. The molecule has 0 amide bonds. The van der Waals surface area contributed by atoms with Gasteiger partial charge in [0.1, 0.15) is 5.58 Å². The van der Waals surface area contributed by atoms with E-state index in [0.717, 1.165) is 37.7 Å². The standard InChI is InChI=1S/C24H20NOS.C11H8N.Ir/c1-13(2)20-11-21(25-12-14(20)3)19-7-5-6-17-18-9-8-16-10-15(4)27-24(16)23(18)26-22(17)19;1-2-6-10(7-3-1)11-8-4-5-9-12-11;/h5-6,8-13H,1-4H3;1-6,8-9H;/q2*-1;/i3D3,13D;;. The third-order valence-corrected chi connectivity index (χ3v) is 7.62. The van der Waals surface area contributed by atoms with E-state index in [4.69, 9.17) is 9.90 Å². The van der Waals surface area contributed by atoms with Crippen LogP contribution in [0.15, 0.2) is 95.7 Å². The van der Waals surface area contributed by atoms with Crippen molar-refractivity contribution in [2.45, 2.75) is 33.5 Å². The molecule has 0 spiro atoms. The number of aromatic nitrogens is 2. The van der Waals surface area contributed by atoms with E-state index in [9.17, 15) is 0 Å². The fraction of sp³-hybridized carbons (Fsp3) is 0.143. The third kappa shape index (κ3) is 5.38. The predicted molar refractivity (Wildman–Crippen MR) is 163 cm³/mol. The zero-order valence-electron chi connectivity index (χ0n) is 26.2. The number of furan rings is 1. The van der Waals surface area contributed by atoms with Gasteiger partial charge in [-0.1, -0.05) is 55.1 Å². The van der Waals surface area contributed by atoms with Crippen LogP contribution >= 0.6 is 11.3 Å². The molecule has 0 saturated carbocycles. The van der Waals surface area contributed by atoms with E-state index < -0.39 is 12.7 Å². The maximum Gasteiger partial charge on any atom is 0.138 e. The molecule has 3 aromatic carbocycles. The molecule has 0 saturated heterocycles. The third-order valence-electron chi connectivity index (χ3n) is 6.56. The monoisotopic (exact) mass is 721 g/mol. The minimum Gasteiger partial charge on any atom is -0.499 e. The summed E-state index contributed by atoms with van der Waals surface area (Å²) in [6.07, 6.45) is 3.15. The Kier molecular flexibility index (Phi) is 6.85. The van der Waals surface area contributed by atoms with Gasteiger partial charge in [-0.25, -0.2) is 0 Å². The first-order valence-electron chi connectivity index (χ1n) is 14.7. The van der Waals surface area contributed by atoms with Gasteiger partial charge in [0.2, 0.25) is 0 Å². The van der Waals surface area contributed by atoms with E-state index in [0.29, 0.717) is 22.4 Å². The molecule has 7 aromatic rings. The van der Waals surface area contributed by atoms with Crippen molar-refractivity contribution >= 4 is 43.4 Å². The van der Waals surface area contributed by atoms with Gasteiger partial charge in [-0.05, 0) is 59.7 Å². The Morgan fingerprint density at radius 1 is 0.900 bits per heavy atom. The zero-order valence-corrected chi connectivity index (χ0v) is 25.4. The molecule has 201 valence electrons. The van der Waals surface area contributed by atoms with Gasteiger partial charge in [0, 0.05) is 48.2 Å². The first kappa shape index (κ1) is 23.1. The van der Waals surface area contributed by atoms with E-state index >= 15 is 0 Å². The zero-order chi connectivity index (χ0) is 30.4. The average molecular weight is 721 g/mol. The van der Waals surface area contributed by atoms with Crippen LogP contribution in [0.5, 0.6) is 0 Å². The number of thiophene rings is 1. The van der Waals surface area contributed by atoms with Crippen molar-refractivity contribution in [2.24, 2.45) is 0 Å². The summed E-state index contributed by atoms with van der Waals surface area (Å²) < 4.78 is 39.5. The second-order valence-electron chi connectivity index (χ2n) is 9.52.